The molecule has 4 nitrogen and oxygen atoms in total. The van der Waals surface area contributed by atoms with Crippen molar-refractivity contribution in [1.29, 1.82) is 0 Å². The van der Waals surface area contributed by atoms with Crippen molar-refractivity contribution < 1.29 is 9.59 Å². The molecule has 0 amide bonds. The molecule has 0 unspecified atom stereocenters. The second-order valence-electron chi connectivity index (χ2n) is 5.83. The Balaban J connectivity index is 1.87. The van der Waals surface area contributed by atoms with Crippen LogP contribution in [0.4, 0.5) is 0 Å². The molecule has 0 aromatic carbocycles. The van der Waals surface area contributed by atoms with Gasteiger partial charge in [-0.2, -0.15) is 0 Å². The molecule has 0 spiro atoms. The number of pyridine rings is 1. The molecule has 4 heteroatoms. The zero-order valence-electron chi connectivity index (χ0n) is 12.4. The number of Topliss-reactive ketones (excluding diaryl/α,β-unsaturated/α-hetero) is 1. The summed E-state index contributed by atoms with van der Waals surface area (Å²) in [5, 5.41) is 1.04. The third-order valence-electron chi connectivity index (χ3n) is 4.41. The van der Waals surface area contributed by atoms with E-state index in [4.69, 9.17) is 0 Å². The van der Waals surface area contributed by atoms with E-state index in [2.05, 4.69) is 21.8 Å². The summed E-state index contributed by atoms with van der Waals surface area (Å²) in [7, 11) is 0. The van der Waals surface area contributed by atoms with Gasteiger partial charge in [-0.3, -0.25) is 9.59 Å². The van der Waals surface area contributed by atoms with E-state index in [-0.39, 0.29) is 11.6 Å². The quantitative estimate of drug-likeness (QED) is 0.854. The second kappa shape index (κ2) is 4.77. The molecule has 0 saturated heterocycles. The van der Waals surface area contributed by atoms with Crippen LogP contribution in [0.1, 0.15) is 41.5 Å². The number of rotatable bonds is 2. The predicted octanol–water partition coefficient (Wildman–Crippen LogP) is 3.10. The smallest absolute Gasteiger partial charge is 0.204 e. The number of aryl methyl sites for hydroxylation is 1. The van der Waals surface area contributed by atoms with Gasteiger partial charge in [-0.1, -0.05) is 13.0 Å². The van der Waals surface area contributed by atoms with Crippen LogP contribution in [-0.4, -0.2) is 21.1 Å². The highest BCUT2D eigenvalue weighted by Gasteiger charge is 2.24. The van der Waals surface area contributed by atoms with Gasteiger partial charge in [0.25, 0.3) is 0 Å². The molecule has 0 radical (unpaired) electrons. The zero-order valence-corrected chi connectivity index (χ0v) is 12.4. The van der Waals surface area contributed by atoms with Crippen LogP contribution in [0.5, 0.6) is 0 Å². The largest absolute Gasteiger partial charge is 0.325 e. The summed E-state index contributed by atoms with van der Waals surface area (Å²) in [5.74, 6) is -0.107. The average Bonchev–Trinajstić information content (AvgIpc) is 2.89. The molecule has 0 bridgehead atoms. The number of carbonyl (C=O) groups excluding carboxylic acids is 2. The molecule has 2 aromatic heterocycles. The Morgan fingerprint density at radius 3 is 3.09 bits per heavy atom. The lowest BCUT2D eigenvalue weighted by Gasteiger charge is -2.15. The van der Waals surface area contributed by atoms with Gasteiger partial charge in [0.05, 0.1) is 5.52 Å². The molecule has 0 atom stereocenters. The molecule has 2 aromatic rings. The van der Waals surface area contributed by atoms with Crippen LogP contribution in [0, 0.1) is 0 Å². The molecule has 22 heavy (non-hydrogen) atoms. The first-order valence-corrected chi connectivity index (χ1v) is 7.65. The van der Waals surface area contributed by atoms with Crippen molar-refractivity contribution >= 4 is 28.7 Å². The first-order chi connectivity index (χ1) is 10.7. The third-order valence-corrected chi connectivity index (χ3v) is 4.41. The first kappa shape index (κ1) is 13.2. The van der Waals surface area contributed by atoms with E-state index in [1.165, 1.54) is 6.08 Å². The van der Waals surface area contributed by atoms with Gasteiger partial charge in [0.15, 0.2) is 5.78 Å². The maximum atomic E-state index is 12.3. The minimum Gasteiger partial charge on any atom is -0.325 e. The van der Waals surface area contributed by atoms with E-state index in [1.54, 1.807) is 0 Å². The fourth-order valence-electron chi connectivity index (χ4n) is 3.28. The Hall–Kier alpha value is -2.49. The second-order valence-corrected chi connectivity index (χ2v) is 5.83. The van der Waals surface area contributed by atoms with E-state index in [1.807, 2.05) is 19.2 Å². The zero-order chi connectivity index (χ0) is 15.3. The lowest BCUT2D eigenvalue weighted by molar-refractivity contribution is -0.115. The summed E-state index contributed by atoms with van der Waals surface area (Å²) in [6, 6.07) is 2.02. The number of nitrogens with zero attached hydrogens (tertiary/aromatic N) is 2. The normalized spacial score (nSPS) is 16.4. The Labute approximate surface area is 128 Å². The highest BCUT2D eigenvalue weighted by atomic mass is 16.1. The number of hydrogen-bond acceptors (Lipinski definition) is 3. The van der Waals surface area contributed by atoms with Crippen molar-refractivity contribution in [1.82, 2.24) is 9.55 Å². The molecule has 1 aliphatic heterocycles. The number of allylic oxidation sites excluding steroid dienone is 3. The summed E-state index contributed by atoms with van der Waals surface area (Å²) in [6.45, 7) is 1.82. The molecule has 0 fully saturated rings. The number of aromatic nitrogens is 2. The van der Waals surface area contributed by atoms with Crippen LogP contribution < -0.4 is 0 Å². The molecule has 4 rings (SSSR count). The molecule has 0 N–H and O–H groups in total. The van der Waals surface area contributed by atoms with Gasteiger partial charge in [-0.05, 0) is 30.5 Å². The minimum absolute atomic E-state index is 0.0400. The molecule has 110 valence electrons. The summed E-state index contributed by atoms with van der Waals surface area (Å²) in [6.07, 6.45) is 10.6. The Morgan fingerprint density at radius 2 is 2.27 bits per heavy atom. The SMILES string of the molecule is CCC(=O)C1=CC(=O)c2nc3c4n(cc3cc2C1)C=CCC4. The number of fused-ring (bicyclic) bond motifs is 4. The fourth-order valence-corrected chi connectivity index (χ4v) is 3.28. The maximum absolute atomic E-state index is 12.3. The Morgan fingerprint density at radius 1 is 1.41 bits per heavy atom. The van der Waals surface area contributed by atoms with E-state index >= 15 is 0 Å². The van der Waals surface area contributed by atoms with Gasteiger partial charge in [0.1, 0.15) is 5.69 Å². The van der Waals surface area contributed by atoms with Gasteiger partial charge in [-0.15, -0.1) is 0 Å². The molecular weight excluding hydrogens is 276 g/mol. The van der Waals surface area contributed by atoms with Crippen LogP contribution >= 0.6 is 0 Å². The van der Waals surface area contributed by atoms with Crippen molar-refractivity contribution in [2.24, 2.45) is 0 Å². The van der Waals surface area contributed by atoms with E-state index in [0.29, 0.717) is 24.1 Å². The summed E-state index contributed by atoms with van der Waals surface area (Å²) in [4.78, 5) is 28.9. The third kappa shape index (κ3) is 1.87. The number of hydrogen-bond donors (Lipinski definition) is 0. The lowest BCUT2D eigenvalue weighted by atomic mass is 9.90. The van der Waals surface area contributed by atoms with Crippen LogP contribution in [0.2, 0.25) is 0 Å². The van der Waals surface area contributed by atoms with Gasteiger partial charge in [-0.25, -0.2) is 4.98 Å². The molecule has 1 aliphatic carbocycles. The number of carbonyl (C=O) groups is 2. The minimum atomic E-state index is -0.147. The lowest BCUT2D eigenvalue weighted by Crippen LogP contribution is -2.16. The van der Waals surface area contributed by atoms with Crippen molar-refractivity contribution in [3.8, 4) is 0 Å². The van der Waals surface area contributed by atoms with E-state index in [9.17, 15) is 9.59 Å². The van der Waals surface area contributed by atoms with Crippen LogP contribution in [0.3, 0.4) is 0 Å². The van der Waals surface area contributed by atoms with E-state index in [0.717, 1.165) is 35.0 Å². The van der Waals surface area contributed by atoms with Crippen LogP contribution in [0.25, 0.3) is 17.1 Å². The Kier molecular flexibility index (Phi) is 2.86. The molecular formula is C18H16N2O2. The van der Waals surface area contributed by atoms with Gasteiger partial charge in [0.2, 0.25) is 5.78 Å². The van der Waals surface area contributed by atoms with Crippen molar-refractivity contribution in [2.45, 2.75) is 32.6 Å². The van der Waals surface area contributed by atoms with Gasteiger partial charge in [0, 0.05) is 41.9 Å². The predicted molar refractivity (Wildman–Crippen MR) is 84.8 cm³/mol. The fraction of sp³-hybridized carbons (Fsp3) is 0.278. The summed E-state index contributed by atoms with van der Waals surface area (Å²) < 4.78 is 2.09. The number of ketones is 2. The summed E-state index contributed by atoms with van der Waals surface area (Å²) >= 11 is 0. The van der Waals surface area contributed by atoms with Crippen molar-refractivity contribution in [3.63, 3.8) is 0 Å². The van der Waals surface area contributed by atoms with Gasteiger partial charge < -0.3 is 4.57 Å². The highest BCUT2D eigenvalue weighted by molar-refractivity contribution is 6.12. The maximum Gasteiger partial charge on any atom is 0.204 e. The van der Waals surface area contributed by atoms with Gasteiger partial charge >= 0.3 is 0 Å². The molecule has 2 aliphatic rings. The highest BCUT2D eigenvalue weighted by Crippen LogP contribution is 2.29. The standard InChI is InChI=1S/C18H16N2O2/c1-2-15(21)11-7-12-8-13-10-20-6-4-3-5-14(20)17(13)19-18(12)16(22)9-11/h4,6,8-10H,2-3,5,7H2,1H3. The summed E-state index contributed by atoms with van der Waals surface area (Å²) in [5.41, 5.74) is 4.04. The monoisotopic (exact) mass is 292 g/mol. The Bertz CT molecular complexity index is 884. The van der Waals surface area contributed by atoms with Crippen LogP contribution in [0.15, 0.2) is 30.0 Å². The molecule has 3 heterocycles. The first-order valence-electron chi connectivity index (χ1n) is 7.65. The topological polar surface area (TPSA) is 52.0 Å². The van der Waals surface area contributed by atoms with Crippen molar-refractivity contribution in [2.75, 3.05) is 0 Å². The van der Waals surface area contributed by atoms with E-state index < -0.39 is 0 Å². The van der Waals surface area contributed by atoms with Crippen molar-refractivity contribution in [3.05, 3.63) is 46.9 Å². The van der Waals surface area contributed by atoms with Crippen LogP contribution in [-0.2, 0) is 17.6 Å². The molecule has 0 saturated carbocycles. The average molecular weight is 292 g/mol.